The summed E-state index contributed by atoms with van der Waals surface area (Å²) < 4.78 is 49.4. The molecular formula is C26H31F3N4O4. The van der Waals surface area contributed by atoms with Gasteiger partial charge in [-0.15, -0.1) is 0 Å². The molecule has 8 nitrogen and oxygen atoms in total. The Labute approximate surface area is 212 Å². The largest absolute Gasteiger partial charge is 0.494 e. The zero-order chi connectivity index (χ0) is 26.2. The van der Waals surface area contributed by atoms with Gasteiger partial charge >= 0.3 is 6.18 Å². The molecule has 2 aliphatic carbocycles. The van der Waals surface area contributed by atoms with Crippen LogP contribution in [0.2, 0.25) is 0 Å². The highest BCUT2D eigenvalue weighted by molar-refractivity contribution is 6.05. The fourth-order valence-electron chi connectivity index (χ4n) is 5.38. The van der Waals surface area contributed by atoms with E-state index in [4.69, 9.17) is 14.6 Å². The Balaban J connectivity index is 1.35. The Kier molecular flexibility index (Phi) is 6.91. The zero-order valence-electron chi connectivity index (χ0n) is 20.7. The first kappa shape index (κ1) is 25.6. The second-order valence-electron chi connectivity index (χ2n) is 10.2. The van der Waals surface area contributed by atoms with Crippen LogP contribution in [-0.2, 0) is 34.5 Å². The fraction of sp³-hybridized carbons (Fsp3) is 0.577. The maximum Gasteiger partial charge on any atom is 0.389 e. The number of fused-ring (bicyclic) bond motifs is 3. The van der Waals surface area contributed by atoms with Crippen LogP contribution in [-0.4, -0.2) is 48.1 Å². The zero-order valence-corrected chi connectivity index (χ0v) is 20.7. The number of hydrogen-bond acceptors (Lipinski definition) is 5. The van der Waals surface area contributed by atoms with Crippen LogP contribution in [0.3, 0.4) is 0 Å². The number of rotatable bonds is 10. The molecule has 5 rings (SSSR count). The number of halogens is 3. The lowest BCUT2D eigenvalue weighted by Crippen LogP contribution is -2.49. The number of nitrogens with zero attached hydrogens (tertiary/aromatic N) is 2. The average Bonchev–Trinajstić information content (AvgIpc) is 3.52. The number of aromatic nitrogens is 2. The van der Waals surface area contributed by atoms with Gasteiger partial charge in [-0.1, -0.05) is 18.9 Å². The van der Waals surface area contributed by atoms with Gasteiger partial charge in [0, 0.05) is 26.5 Å². The van der Waals surface area contributed by atoms with E-state index in [1.54, 1.807) is 10.7 Å². The van der Waals surface area contributed by atoms with Gasteiger partial charge in [0.05, 0.1) is 17.8 Å². The van der Waals surface area contributed by atoms with Crippen molar-refractivity contribution in [3.05, 3.63) is 40.6 Å². The van der Waals surface area contributed by atoms with Crippen molar-refractivity contribution < 1.29 is 32.2 Å². The number of methoxy groups -OCH3 is 1. The van der Waals surface area contributed by atoms with Crippen LogP contribution >= 0.6 is 0 Å². The van der Waals surface area contributed by atoms with Crippen LogP contribution in [0, 0.1) is 5.92 Å². The lowest BCUT2D eigenvalue weighted by Gasteiger charge is -2.35. The van der Waals surface area contributed by atoms with Crippen molar-refractivity contribution in [3.8, 4) is 5.75 Å². The molecule has 1 atom stereocenters. The van der Waals surface area contributed by atoms with Crippen LogP contribution in [0.5, 0.6) is 5.75 Å². The van der Waals surface area contributed by atoms with Crippen molar-refractivity contribution in [3.63, 3.8) is 0 Å². The van der Waals surface area contributed by atoms with E-state index in [2.05, 4.69) is 10.6 Å². The number of nitrogens with one attached hydrogen (secondary N) is 2. The topological polar surface area (TPSA) is 94.5 Å². The van der Waals surface area contributed by atoms with Crippen molar-refractivity contribution in [1.29, 1.82) is 0 Å². The molecule has 0 bridgehead atoms. The van der Waals surface area contributed by atoms with Crippen molar-refractivity contribution >= 4 is 17.6 Å². The van der Waals surface area contributed by atoms with Crippen molar-refractivity contribution in [2.75, 3.05) is 25.6 Å². The highest BCUT2D eigenvalue weighted by Crippen LogP contribution is 2.44. The molecule has 3 aliphatic rings. The number of benzene rings is 1. The molecule has 200 valence electrons. The molecule has 37 heavy (non-hydrogen) atoms. The molecule has 0 radical (unpaired) electrons. The summed E-state index contributed by atoms with van der Waals surface area (Å²) in [6, 6.07) is 5.48. The summed E-state index contributed by atoms with van der Waals surface area (Å²) in [4.78, 5) is 25.8. The highest BCUT2D eigenvalue weighted by Gasteiger charge is 2.46. The van der Waals surface area contributed by atoms with E-state index in [1.165, 1.54) is 20.0 Å². The maximum absolute atomic E-state index is 13.4. The molecule has 0 unspecified atom stereocenters. The predicted molar refractivity (Wildman–Crippen MR) is 128 cm³/mol. The van der Waals surface area contributed by atoms with Gasteiger partial charge in [0.1, 0.15) is 23.7 Å². The number of anilines is 1. The summed E-state index contributed by atoms with van der Waals surface area (Å²) in [7, 11) is 1.44. The molecule has 2 amide bonds. The predicted octanol–water partition coefficient (Wildman–Crippen LogP) is 4.12. The van der Waals surface area contributed by atoms with Crippen LogP contribution in [0.25, 0.3) is 0 Å². The third-order valence-electron chi connectivity index (χ3n) is 7.34. The van der Waals surface area contributed by atoms with Gasteiger partial charge in [-0.05, 0) is 54.9 Å². The Morgan fingerprint density at radius 2 is 2.14 bits per heavy atom. The number of aryl methyl sites for hydroxylation is 2. The summed E-state index contributed by atoms with van der Waals surface area (Å²) >= 11 is 0. The Morgan fingerprint density at radius 1 is 1.32 bits per heavy atom. The van der Waals surface area contributed by atoms with Crippen LogP contribution in [0.4, 0.5) is 19.0 Å². The van der Waals surface area contributed by atoms with E-state index in [0.29, 0.717) is 54.5 Å². The van der Waals surface area contributed by atoms with E-state index < -0.39 is 18.1 Å². The lowest BCUT2D eigenvalue weighted by atomic mass is 9.82. The summed E-state index contributed by atoms with van der Waals surface area (Å²) in [5.41, 5.74) is 2.37. The van der Waals surface area contributed by atoms with Gasteiger partial charge in [0.25, 0.3) is 11.8 Å². The van der Waals surface area contributed by atoms with Gasteiger partial charge in [-0.2, -0.15) is 18.3 Å². The molecule has 1 saturated carbocycles. The van der Waals surface area contributed by atoms with Gasteiger partial charge in [-0.3, -0.25) is 9.59 Å². The third kappa shape index (κ3) is 5.61. The number of carbonyl (C=O) groups is 2. The van der Waals surface area contributed by atoms with E-state index in [0.717, 1.165) is 17.5 Å². The molecular weight excluding hydrogens is 489 g/mol. The highest BCUT2D eigenvalue weighted by atomic mass is 19.4. The van der Waals surface area contributed by atoms with Gasteiger partial charge in [0.2, 0.25) is 0 Å². The maximum atomic E-state index is 13.4. The second kappa shape index (κ2) is 10.00. The number of amides is 2. The quantitative estimate of drug-likeness (QED) is 0.460. The molecule has 2 N–H and O–H groups in total. The van der Waals surface area contributed by atoms with Crippen molar-refractivity contribution in [2.45, 2.75) is 69.6 Å². The van der Waals surface area contributed by atoms with E-state index in [1.807, 2.05) is 12.1 Å². The minimum Gasteiger partial charge on any atom is -0.494 e. The Hall–Kier alpha value is -3.08. The summed E-state index contributed by atoms with van der Waals surface area (Å²) in [6.07, 6.45) is 0.0125. The van der Waals surface area contributed by atoms with Gasteiger partial charge < -0.3 is 20.1 Å². The molecule has 1 aromatic heterocycles. The summed E-state index contributed by atoms with van der Waals surface area (Å²) in [5.74, 6) is 0.960. The SMILES string of the molecule is COCC(=O)Nc1c2c(nn1CCC1CC1)C[C@]1(CCc3cc(OCCCC(F)(F)F)ccc31)NC2=O. The van der Waals surface area contributed by atoms with Crippen LogP contribution < -0.4 is 15.4 Å². The van der Waals surface area contributed by atoms with Crippen molar-refractivity contribution in [2.24, 2.45) is 5.92 Å². The molecule has 2 aromatic rings. The van der Waals surface area contributed by atoms with E-state index in [9.17, 15) is 22.8 Å². The molecule has 11 heteroatoms. The Morgan fingerprint density at radius 3 is 2.86 bits per heavy atom. The minimum absolute atomic E-state index is 0.0145. The fourth-order valence-corrected chi connectivity index (χ4v) is 5.38. The third-order valence-corrected chi connectivity index (χ3v) is 7.34. The van der Waals surface area contributed by atoms with E-state index >= 15 is 0 Å². The minimum atomic E-state index is -4.19. The summed E-state index contributed by atoms with van der Waals surface area (Å²) in [6.45, 7) is 0.480. The smallest absolute Gasteiger partial charge is 0.389 e. The second-order valence-corrected chi connectivity index (χ2v) is 10.2. The molecule has 0 saturated heterocycles. The molecule has 1 aromatic carbocycles. The standard InChI is InChI=1S/C26H31F3N4O4/c1-36-15-21(34)30-23-22-20(32-33(23)11-8-16-3-4-16)14-25(31-24(22)35)10-7-17-13-18(5-6-19(17)25)37-12-2-9-26(27,28)29/h5-6,13,16H,2-4,7-12,14-15H2,1H3,(H,30,34)(H,31,35)/t25-/m0/s1. The summed E-state index contributed by atoms with van der Waals surface area (Å²) in [5, 5.41) is 10.8. The molecule has 1 fully saturated rings. The molecule has 1 aliphatic heterocycles. The number of hydrogen-bond donors (Lipinski definition) is 2. The first-order chi connectivity index (χ1) is 17.7. The van der Waals surface area contributed by atoms with Crippen LogP contribution in [0.15, 0.2) is 18.2 Å². The average molecular weight is 521 g/mol. The van der Waals surface area contributed by atoms with Gasteiger partial charge in [-0.25, -0.2) is 4.68 Å². The number of alkyl halides is 3. The first-order valence-corrected chi connectivity index (χ1v) is 12.7. The lowest BCUT2D eigenvalue weighted by molar-refractivity contribution is -0.136. The molecule has 2 heterocycles. The first-order valence-electron chi connectivity index (χ1n) is 12.7. The van der Waals surface area contributed by atoms with Crippen molar-refractivity contribution in [1.82, 2.24) is 15.1 Å². The van der Waals surface area contributed by atoms with Crippen LogP contribution in [0.1, 0.15) is 65.7 Å². The monoisotopic (exact) mass is 520 g/mol. The molecule has 1 spiro atoms. The Bertz CT molecular complexity index is 1190. The normalized spacial score (nSPS) is 20.5. The number of ether oxygens (including phenoxy) is 2. The van der Waals surface area contributed by atoms with Gasteiger partial charge in [0.15, 0.2) is 0 Å². The van der Waals surface area contributed by atoms with E-state index in [-0.39, 0.29) is 31.4 Å². The number of carbonyl (C=O) groups excluding carboxylic acids is 2.